The molecule has 0 saturated heterocycles. The highest BCUT2D eigenvalue weighted by Gasteiger charge is 2.55. The Kier molecular flexibility index (Phi) is 7.41. The van der Waals surface area contributed by atoms with Crippen molar-refractivity contribution < 1.29 is 36.6 Å². The van der Waals surface area contributed by atoms with Crippen molar-refractivity contribution in [1.82, 2.24) is 15.1 Å². The number of anilines is 1. The van der Waals surface area contributed by atoms with E-state index in [1.54, 1.807) is 13.3 Å². The van der Waals surface area contributed by atoms with Crippen molar-refractivity contribution in [3.05, 3.63) is 53.1 Å². The first-order chi connectivity index (χ1) is 18.6. The summed E-state index contributed by atoms with van der Waals surface area (Å²) < 4.78 is 65.4. The molecule has 1 aromatic heterocycles. The second kappa shape index (κ2) is 10.6. The molecule has 2 aromatic rings. The average Bonchev–Trinajstić information content (AvgIpc) is 3.37. The number of carbonyl (C=O) groups is 2. The molecule has 2 bridgehead atoms. The highest BCUT2D eigenvalue weighted by atomic mass is 19.4. The monoisotopic (exact) mass is 550 g/mol. The van der Waals surface area contributed by atoms with E-state index in [2.05, 4.69) is 21.8 Å². The summed E-state index contributed by atoms with van der Waals surface area (Å²) in [5.74, 6) is -2.66. The molecule has 3 aliphatic rings. The van der Waals surface area contributed by atoms with Crippen LogP contribution in [0.5, 0.6) is 5.75 Å². The lowest BCUT2D eigenvalue weighted by Gasteiger charge is -2.30. The van der Waals surface area contributed by atoms with Crippen molar-refractivity contribution in [1.29, 1.82) is 0 Å². The predicted molar refractivity (Wildman–Crippen MR) is 132 cm³/mol. The Balaban J connectivity index is 1.41. The first kappa shape index (κ1) is 27.2. The third kappa shape index (κ3) is 5.52. The number of amides is 2. The van der Waals surface area contributed by atoms with Crippen LogP contribution in [0.3, 0.4) is 0 Å². The number of rotatable bonds is 9. The third-order valence-corrected chi connectivity index (χ3v) is 7.78. The fraction of sp³-hybridized carbons (Fsp3) is 0.519. The first-order valence-corrected chi connectivity index (χ1v) is 12.9. The molecular weight excluding hydrogens is 520 g/mol. The van der Waals surface area contributed by atoms with E-state index in [1.165, 1.54) is 11.8 Å². The summed E-state index contributed by atoms with van der Waals surface area (Å²) in [6, 6.07) is 1.79. The van der Waals surface area contributed by atoms with Crippen LogP contribution in [0, 0.1) is 29.5 Å². The number of nitrogens with zero attached hydrogens (tertiary/aromatic N) is 2. The van der Waals surface area contributed by atoms with Crippen LogP contribution in [0.1, 0.15) is 41.7 Å². The molecule has 12 heteroatoms. The zero-order valence-electron chi connectivity index (χ0n) is 21.6. The lowest BCUT2D eigenvalue weighted by Crippen LogP contribution is -2.48. The number of aromatic nitrogens is 2. The Bertz CT molecular complexity index is 1290. The van der Waals surface area contributed by atoms with E-state index in [-0.39, 0.29) is 29.0 Å². The number of hydrogen-bond donors (Lipinski definition) is 2. The van der Waals surface area contributed by atoms with Crippen LogP contribution in [0.15, 0.2) is 36.0 Å². The van der Waals surface area contributed by atoms with E-state index in [4.69, 9.17) is 9.47 Å². The summed E-state index contributed by atoms with van der Waals surface area (Å²) >= 11 is 0. The predicted octanol–water partition coefficient (Wildman–Crippen LogP) is 4.43. The maximum atomic E-state index is 13.8. The summed E-state index contributed by atoms with van der Waals surface area (Å²) in [7, 11) is 2.98. The number of alkyl halides is 3. The minimum atomic E-state index is -4.90. The number of methoxy groups -OCH3 is 2. The van der Waals surface area contributed by atoms with E-state index in [9.17, 15) is 27.2 Å². The SMILES string of the molecule is COCCn1cc(OC)c(C(=O)N[C@H]2[C@@H](C(=O)Nc3ccc(F)c(C(F)(F)F)c3)[C@H]3CC[C@@H]2/C3=C\C2CC2)n1. The Morgan fingerprint density at radius 3 is 2.56 bits per heavy atom. The van der Waals surface area contributed by atoms with Gasteiger partial charge in [0.25, 0.3) is 5.91 Å². The van der Waals surface area contributed by atoms with Crippen LogP contribution in [0.2, 0.25) is 0 Å². The van der Waals surface area contributed by atoms with Gasteiger partial charge in [0.1, 0.15) is 5.82 Å². The Morgan fingerprint density at radius 2 is 1.90 bits per heavy atom. The molecule has 3 fully saturated rings. The molecule has 0 aliphatic heterocycles. The van der Waals surface area contributed by atoms with Crippen molar-refractivity contribution in [2.24, 2.45) is 23.7 Å². The van der Waals surface area contributed by atoms with E-state index < -0.39 is 41.3 Å². The molecule has 210 valence electrons. The molecule has 39 heavy (non-hydrogen) atoms. The lowest BCUT2D eigenvalue weighted by atomic mass is 9.83. The zero-order valence-corrected chi connectivity index (χ0v) is 21.6. The summed E-state index contributed by atoms with van der Waals surface area (Å²) in [5.41, 5.74) is -0.427. The van der Waals surface area contributed by atoms with Crippen LogP contribution >= 0.6 is 0 Å². The summed E-state index contributed by atoms with van der Waals surface area (Å²) in [5, 5.41) is 9.86. The van der Waals surface area contributed by atoms with E-state index >= 15 is 0 Å². The molecule has 1 heterocycles. The molecule has 4 atom stereocenters. The summed E-state index contributed by atoms with van der Waals surface area (Å²) in [6.45, 7) is 0.792. The van der Waals surface area contributed by atoms with E-state index in [1.807, 2.05) is 0 Å². The van der Waals surface area contributed by atoms with Crippen molar-refractivity contribution in [3.8, 4) is 5.75 Å². The van der Waals surface area contributed by atoms with Gasteiger partial charge in [-0.3, -0.25) is 14.3 Å². The molecular formula is C27H30F4N4O4. The second-order valence-corrected chi connectivity index (χ2v) is 10.3. The molecule has 2 amide bonds. The van der Waals surface area contributed by atoms with Gasteiger partial charge < -0.3 is 20.1 Å². The Labute approximate surface area is 222 Å². The molecule has 0 spiro atoms. The molecule has 8 nitrogen and oxygen atoms in total. The maximum absolute atomic E-state index is 13.8. The number of ether oxygens (including phenoxy) is 2. The van der Waals surface area contributed by atoms with Gasteiger partial charge in [-0.15, -0.1) is 0 Å². The van der Waals surface area contributed by atoms with Crippen molar-refractivity contribution in [2.75, 3.05) is 26.1 Å². The van der Waals surface area contributed by atoms with Gasteiger partial charge in [0, 0.05) is 24.8 Å². The standard InChI is InChI=1S/C27H30F4N4O4/c1-38-10-9-35-13-21(39-2)24(34-35)26(37)33-23-17-7-6-16(18(17)11-14-3-4-14)22(23)25(36)32-15-5-8-20(28)19(12-15)27(29,30)31/h5,8,11-14,16-17,22-23H,3-4,6-7,9-10H2,1-2H3,(H,32,36)(H,33,37)/b18-11-/t16-,17+,22-,23+/m0/s1. The number of allylic oxidation sites excluding steroid dienone is 1. The van der Waals surface area contributed by atoms with Gasteiger partial charge in [0.15, 0.2) is 11.4 Å². The fourth-order valence-corrected chi connectivity index (χ4v) is 5.83. The molecule has 0 unspecified atom stereocenters. The summed E-state index contributed by atoms with van der Waals surface area (Å²) in [6.07, 6.45) is 2.55. The highest BCUT2D eigenvalue weighted by Crippen LogP contribution is 2.54. The van der Waals surface area contributed by atoms with Crippen LogP contribution in [-0.2, 0) is 22.3 Å². The normalized spacial score (nSPS) is 25.2. The van der Waals surface area contributed by atoms with Crippen LogP contribution in [0.4, 0.5) is 23.2 Å². The van der Waals surface area contributed by atoms with Crippen LogP contribution in [0.25, 0.3) is 0 Å². The Hall–Kier alpha value is -3.41. The minimum absolute atomic E-state index is 0.0663. The zero-order chi connectivity index (χ0) is 27.9. The molecule has 3 aliphatic carbocycles. The topological polar surface area (TPSA) is 94.5 Å². The largest absolute Gasteiger partial charge is 0.493 e. The smallest absolute Gasteiger partial charge is 0.419 e. The Morgan fingerprint density at radius 1 is 1.15 bits per heavy atom. The van der Waals surface area contributed by atoms with Gasteiger partial charge in [-0.05, 0) is 55.7 Å². The van der Waals surface area contributed by atoms with Crippen molar-refractivity contribution >= 4 is 17.5 Å². The van der Waals surface area contributed by atoms with Gasteiger partial charge in [-0.25, -0.2) is 4.39 Å². The average molecular weight is 551 g/mol. The molecule has 3 saturated carbocycles. The van der Waals surface area contributed by atoms with Gasteiger partial charge in [-0.2, -0.15) is 18.3 Å². The fourth-order valence-electron chi connectivity index (χ4n) is 5.83. The molecule has 2 N–H and O–H groups in total. The van der Waals surface area contributed by atoms with E-state index in [0.717, 1.165) is 37.3 Å². The van der Waals surface area contributed by atoms with Crippen LogP contribution < -0.4 is 15.4 Å². The molecule has 5 rings (SSSR count). The minimum Gasteiger partial charge on any atom is -0.493 e. The van der Waals surface area contributed by atoms with Crippen molar-refractivity contribution in [2.45, 2.75) is 44.4 Å². The molecule has 0 radical (unpaired) electrons. The number of fused-ring (bicyclic) bond motifs is 2. The van der Waals surface area contributed by atoms with Gasteiger partial charge >= 0.3 is 6.18 Å². The van der Waals surface area contributed by atoms with E-state index in [0.29, 0.717) is 31.2 Å². The van der Waals surface area contributed by atoms with Crippen molar-refractivity contribution in [3.63, 3.8) is 0 Å². The second-order valence-electron chi connectivity index (χ2n) is 10.3. The number of benzene rings is 1. The number of carbonyl (C=O) groups excluding carboxylic acids is 2. The number of halogens is 4. The van der Waals surface area contributed by atoms with Gasteiger partial charge in [0.05, 0.1) is 37.9 Å². The number of hydrogen-bond acceptors (Lipinski definition) is 5. The van der Waals surface area contributed by atoms with Crippen LogP contribution in [-0.4, -0.2) is 48.5 Å². The number of nitrogens with one attached hydrogen (secondary N) is 2. The third-order valence-electron chi connectivity index (χ3n) is 7.78. The van der Waals surface area contributed by atoms with Gasteiger partial charge in [-0.1, -0.05) is 11.6 Å². The van der Waals surface area contributed by atoms with Gasteiger partial charge in [0.2, 0.25) is 5.91 Å². The maximum Gasteiger partial charge on any atom is 0.419 e. The first-order valence-electron chi connectivity index (χ1n) is 12.9. The quantitative estimate of drug-likeness (QED) is 0.356. The highest BCUT2D eigenvalue weighted by molar-refractivity contribution is 5.97. The molecule has 1 aromatic carbocycles. The lowest BCUT2D eigenvalue weighted by molar-refractivity contribution is -0.140. The summed E-state index contributed by atoms with van der Waals surface area (Å²) in [4.78, 5) is 26.9.